The number of piperazine rings is 2. The molecule has 4 heterocycles. The first-order valence-electron chi connectivity index (χ1n) is 14.5. The van der Waals surface area contributed by atoms with E-state index in [9.17, 15) is 0 Å². The lowest BCUT2D eigenvalue weighted by Gasteiger charge is -2.38. The van der Waals surface area contributed by atoms with E-state index in [2.05, 4.69) is 56.5 Å². The highest BCUT2D eigenvalue weighted by atomic mass is 16.5. The Morgan fingerprint density at radius 2 is 1.16 bits per heavy atom. The van der Waals surface area contributed by atoms with Gasteiger partial charge in [-0.05, 0) is 45.5 Å². The Labute approximate surface area is 225 Å². The summed E-state index contributed by atoms with van der Waals surface area (Å²) in [4.78, 5) is 19.6. The van der Waals surface area contributed by atoms with Gasteiger partial charge in [0.15, 0.2) is 5.82 Å². The summed E-state index contributed by atoms with van der Waals surface area (Å²) in [5.74, 6) is 1.09. The van der Waals surface area contributed by atoms with Crippen LogP contribution in [0.2, 0.25) is 0 Å². The summed E-state index contributed by atoms with van der Waals surface area (Å²) in [6, 6.07) is 2.28. The van der Waals surface area contributed by atoms with Crippen molar-refractivity contribution in [3.8, 4) is 0 Å². The monoisotopic (exact) mass is 517 g/mol. The SMILES string of the molecule is Cc1cnc2c(c1)N(CCOCCCN1CCN(C)CC1)CCN2CCOCCCN1CCN(C)CC1. The van der Waals surface area contributed by atoms with Gasteiger partial charge in [-0.25, -0.2) is 4.98 Å². The van der Waals surface area contributed by atoms with Gasteiger partial charge < -0.3 is 38.9 Å². The number of fused-ring (bicyclic) bond motifs is 1. The first-order chi connectivity index (χ1) is 18.1. The minimum atomic E-state index is 0.758. The maximum absolute atomic E-state index is 6.03. The molecule has 0 spiro atoms. The highest BCUT2D eigenvalue weighted by Gasteiger charge is 2.24. The van der Waals surface area contributed by atoms with Crippen LogP contribution in [0.1, 0.15) is 18.4 Å². The molecule has 2 fully saturated rings. The summed E-state index contributed by atoms with van der Waals surface area (Å²) in [5, 5.41) is 0. The minimum absolute atomic E-state index is 0.758. The average molecular weight is 518 g/mol. The molecule has 0 saturated carbocycles. The van der Waals surface area contributed by atoms with Crippen LogP contribution in [-0.2, 0) is 9.47 Å². The van der Waals surface area contributed by atoms with Gasteiger partial charge in [0.05, 0.1) is 18.9 Å². The van der Waals surface area contributed by atoms with Crippen molar-refractivity contribution >= 4 is 11.5 Å². The Morgan fingerprint density at radius 1 is 0.649 bits per heavy atom. The Hall–Kier alpha value is -1.49. The number of pyridine rings is 1. The average Bonchev–Trinajstić information content (AvgIpc) is 2.90. The first kappa shape index (κ1) is 28.5. The maximum atomic E-state index is 6.03. The van der Waals surface area contributed by atoms with E-state index in [1.54, 1.807) is 0 Å². The number of anilines is 2. The standard InChI is InChI=1S/C28H51N7O2/c1-26-24-27-28(29-25-26)35(19-23-37-21-5-7-33-14-10-31(3)11-15-33)17-16-34(27)18-22-36-20-4-6-32-12-8-30(2)9-13-32/h24-25H,4-23H2,1-3H3. The Morgan fingerprint density at radius 3 is 1.73 bits per heavy atom. The molecule has 0 aromatic carbocycles. The van der Waals surface area contributed by atoms with Gasteiger partial charge in [-0.2, -0.15) is 0 Å². The first-order valence-corrected chi connectivity index (χ1v) is 14.5. The van der Waals surface area contributed by atoms with E-state index in [1.165, 1.54) is 63.6 Å². The molecule has 1 aromatic rings. The molecule has 1 aromatic heterocycles. The van der Waals surface area contributed by atoms with Gasteiger partial charge in [0.1, 0.15) is 0 Å². The summed E-state index contributed by atoms with van der Waals surface area (Å²) >= 11 is 0. The van der Waals surface area contributed by atoms with Gasteiger partial charge in [0.2, 0.25) is 0 Å². The van der Waals surface area contributed by atoms with Crippen molar-refractivity contribution in [2.75, 3.05) is 142 Å². The smallest absolute Gasteiger partial charge is 0.152 e. The summed E-state index contributed by atoms with van der Waals surface area (Å²) in [7, 11) is 4.42. The zero-order valence-electron chi connectivity index (χ0n) is 23.7. The van der Waals surface area contributed by atoms with Gasteiger partial charge >= 0.3 is 0 Å². The molecule has 2 saturated heterocycles. The van der Waals surface area contributed by atoms with Crippen molar-refractivity contribution < 1.29 is 9.47 Å². The summed E-state index contributed by atoms with van der Waals surface area (Å²) in [5.41, 5.74) is 2.45. The van der Waals surface area contributed by atoms with Crippen molar-refractivity contribution in [3.05, 3.63) is 17.8 Å². The maximum Gasteiger partial charge on any atom is 0.152 e. The van der Waals surface area contributed by atoms with Crippen LogP contribution in [0.5, 0.6) is 0 Å². The number of rotatable bonds is 14. The molecule has 9 nitrogen and oxygen atoms in total. The second-order valence-corrected chi connectivity index (χ2v) is 11.1. The number of aryl methyl sites for hydroxylation is 1. The van der Waals surface area contributed by atoms with E-state index in [0.29, 0.717) is 0 Å². The fraction of sp³-hybridized carbons (Fsp3) is 0.821. The molecule has 0 N–H and O–H groups in total. The summed E-state index contributed by atoms with van der Waals surface area (Å²) in [6.07, 6.45) is 4.21. The van der Waals surface area contributed by atoms with Crippen molar-refractivity contribution in [2.45, 2.75) is 19.8 Å². The van der Waals surface area contributed by atoms with E-state index in [4.69, 9.17) is 14.5 Å². The number of nitrogens with zero attached hydrogens (tertiary/aromatic N) is 7. The number of hydrogen-bond donors (Lipinski definition) is 0. The predicted molar refractivity (Wildman–Crippen MR) is 152 cm³/mol. The van der Waals surface area contributed by atoms with Crippen LogP contribution >= 0.6 is 0 Å². The Balaban J connectivity index is 1.11. The van der Waals surface area contributed by atoms with Gasteiger partial charge in [-0.3, -0.25) is 0 Å². The van der Waals surface area contributed by atoms with E-state index in [-0.39, 0.29) is 0 Å². The van der Waals surface area contributed by atoms with E-state index >= 15 is 0 Å². The zero-order chi connectivity index (χ0) is 25.9. The van der Waals surface area contributed by atoms with Crippen LogP contribution in [-0.4, -0.2) is 157 Å². The largest absolute Gasteiger partial charge is 0.380 e. The van der Waals surface area contributed by atoms with Crippen LogP contribution < -0.4 is 9.80 Å². The van der Waals surface area contributed by atoms with Crippen molar-refractivity contribution in [3.63, 3.8) is 0 Å². The molecule has 3 aliphatic heterocycles. The molecule has 0 bridgehead atoms. The summed E-state index contributed by atoms with van der Waals surface area (Å²) in [6.45, 7) is 20.9. The number of aromatic nitrogens is 1. The highest BCUT2D eigenvalue weighted by molar-refractivity contribution is 5.70. The lowest BCUT2D eigenvalue weighted by atomic mass is 10.2. The Kier molecular flexibility index (Phi) is 11.7. The molecule has 0 amide bonds. The third kappa shape index (κ3) is 9.33. The number of hydrogen-bond acceptors (Lipinski definition) is 9. The second-order valence-electron chi connectivity index (χ2n) is 11.1. The lowest BCUT2D eigenvalue weighted by Crippen LogP contribution is -2.45. The molecular weight excluding hydrogens is 466 g/mol. The molecule has 9 heteroatoms. The third-order valence-electron chi connectivity index (χ3n) is 7.99. The summed E-state index contributed by atoms with van der Waals surface area (Å²) < 4.78 is 12.1. The van der Waals surface area contributed by atoms with E-state index in [1.807, 2.05) is 6.20 Å². The van der Waals surface area contributed by atoms with Gasteiger partial charge in [-0.1, -0.05) is 0 Å². The minimum Gasteiger partial charge on any atom is -0.380 e. The predicted octanol–water partition coefficient (Wildman–Crippen LogP) is 1.32. The van der Waals surface area contributed by atoms with Crippen molar-refractivity contribution in [2.24, 2.45) is 0 Å². The molecule has 3 aliphatic rings. The Bertz CT molecular complexity index is 782. The normalized spacial score (nSPS) is 20.5. The zero-order valence-corrected chi connectivity index (χ0v) is 23.7. The highest BCUT2D eigenvalue weighted by Crippen LogP contribution is 2.31. The van der Waals surface area contributed by atoms with Gasteiger partial charge in [-0.15, -0.1) is 0 Å². The van der Waals surface area contributed by atoms with Crippen LogP contribution in [0.3, 0.4) is 0 Å². The van der Waals surface area contributed by atoms with Crippen LogP contribution in [0.4, 0.5) is 11.5 Å². The molecule has 210 valence electrons. The van der Waals surface area contributed by atoms with Gasteiger partial charge in [0, 0.05) is 111 Å². The fourth-order valence-electron chi connectivity index (χ4n) is 5.42. The molecule has 0 atom stereocenters. The van der Waals surface area contributed by atoms with Crippen LogP contribution in [0.15, 0.2) is 12.3 Å². The molecule has 4 rings (SSSR count). The van der Waals surface area contributed by atoms with Crippen molar-refractivity contribution in [1.82, 2.24) is 24.6 Å². The molecule has 0 radical (unpaired) electrons. The van der Waals surface area contributed by atoms with E-state index in [0.717, 1.165) is 84.4 Å². The van der Waals surface area contributed by atoms with Crippen LogP contribution in [0.25, 0.3) is 0 Å². The molecule has 37 heavy (non-hydrogen) atoms. The fourth-order valence-corrected chi connectivity index (χ4v) is 5.42. The third-order valence-corrected chi connectivity index (χ3v) is 7.99. The van der Waals surface area contributed by atoms with E-state index < -0.39 is 0 Å². The van der Waals surface area contributed by atoms with Crippen LogP contribution in [0, 0.1) is 6.92 Å². The lowest BCUT2D eigenvalue weighted by molar-refractivity contribution is 0.108. The molecular formula is C28H51N7O2. The topological polar surface area (TPSA) is 50.8 Å². The second kappa shape index (κ2) is 15.2. The molecule has 0 unspecified atom stereocenters. The molecule has 0 aliphatic carbocycles. The number of ether oxygens (including phenoxy) is 2. The van der Waals surface area contributed by atoms with Gasteiger partial charge in [0.25, 0.3) is 0 Å². The van der Waals surface area contributed by atoms with Crippen molar-refractivity contribution in [1.29, 1.82) is 0 Å². The number of likely N-dealkylation sites (N-methyl/N-ethyl adjacent to an activating group) is 2. The quantitative estimate of drug-likeness (QED) is 0.340.